The van der Waals surface area contributed by atoms with Gasteiger partial charge in [-0.3, -0.25) is 0 Å². The second kappa shape index (κ2) is 13.7. The zero-order valence-corrected chi connectivity index (χ0v) is 15.6. The van der Waals surface area contributed by atoms with E-state index >= 15 is 0 Å². The Morgan fingerprint density at radius 2 is 1.35 bits per heavy atom. The second-order valence-corrected chi connectivity index (χ2v) is 4.80. The van der Waals surface area contributed by atoms with E-state index in [-0.39, 0.29) is 0 Å². The van der Waals surface area contributed by atoms with Gasteiger partial charge in [0, 0.05) is 0 Å². The van der Waals surface area contributed by atoms with Crippen molar-refractivity contribution in [3.8, 4) is 11.5 Å². The standard InChI is InChI=1S/C10H14O.C9H12O.C2H6/c1-3-4-9-5-7-10(11-2)8-6-9;1-3-8-5-4-6-9(7-8)10-2;1-2/h5-8H,3-4H2,1-2H3;4-7H,3H2,1-2H3;1-2H3. The Morgan fingerprint density at radius 1 is 0.739 bits per heavy atom. The zero-order chi connectivity index (χ0) is 17.5. The van der Waals surface area contributed by atoms with Gasteiger partial charge in [-0.05, 0) is 48.2 Å². The quantitative estimate of drug-likeness (QED) is 0.680. The third-order valence-corrected chi connectivity index (χ3v) is 3.24. The Bertz CT molecular complexity index is 484. The molecule has 0 saturated heterocycles. The number of aryl methyl sites for hydroxylation is 2. The number of hydrogen-bond acceptors (Lipinski definition) is 2. The first-order valence-electron chi connectivity index (χ1n) is 8.49. The molecular formula is C21H32O2. The van der Waals surface area contributed by atoms with Gasteiger partial charge in [-0.15, -0.1) is 0 Å². The van der Waals surface area contributed by atoms with Crippen LogP contribution >= 0.6 is 0 Å². The van der Waals surface area contributed by atoms with Crippen molar-refractivity contribution < 1.29 is 9.47 Å². The molecule has 0 aliphatic heterocycles. The van der Waals surface area contributed by atoms with Crippen LogP contribution in [0.25, 0.3) is 0 Å². The highest BCUT2D eigenvalue weighted by atomic mass is 16.5. The molecule has 0 aliphatic rings. The SMILES string of the molecule is CC.CCCc1ccc(OC)cc1.CCc1cccc(OC)c1. The molecule has 0 radical (unpaired) electrons. The molecule has 0 N–H and O–H groups in total. The van der Waals surface area contributed by atoms with E-state index < -0.39 is 0 Å². The average Bonchev–Trinajstić information content (AvgIpc) is 2.65. The average molecular weight is 316 g/mol. The lowest BCUT2D eigenvalue weighted by Crippen LogP contribution is -1.84. The summed E-state index contributed by atoms with van der Waals surface area (Å²) < 4.78 is 10.1. The summed E-state index contributed by atoms with van der Waals surface area (Å²) in [5.74, 6) is 1.88. The van der Waals surface area contributed by atoms with Crippen molar-refractivity contribution in [2.24, 2.45) is 0 Å². The highest BCUT2D eigenvalue weighted by Crippen LogP contribution is 2.12. The van der Waals surface area contributed by atoms with Crippen LogP contribution < -0.4 is 9.47 Å². The van der Waals surface area contributed by atoms with Crippen LogP contribution in [0, 0.1) is 0 Å². The molecule has 2 nitrogen and oxygen atoms in total. The zero-order valence-electron chi connectivity index (χ0n) is 15.6. The predicted octanol–water partition coefficient (Wildman–Crippen LogP) is 5.93. The first-order chi connectivity index (χ1) is 11.2. The van der Waals surface area contributed by atoms with Crippen LogP contribution in [0.2, 0.25) is 0 Å². The maximum atomic E-state index is 5.06. The minimum atomic E-state index is 0.935. The van der Waals surface area contributed by atoms with Crippen molar-refractivity contribution in [2.75, 3.05) is 14.2 Å². The monoisotopic (exact) mass is 316 g/mol. The molecule has 0 heterocycles. The fraction of sp³-hybridized carbons (Fsp3) is 0.429. The van der Waals surface area contributed by atoms with Crippen LogP contribution in [0.1, 0.15) is 45.2 Å². The smallest absolute Gasteiger partial charge is 0.119 e. The van der Waals surface area contributed by atoms with Crippen LogP contribution in [0.5, 0.6) is 11.5 Å². The Labute approximate surface area is 142 Å². The van der Waals surface area contributed by atoms with Gasteiger partial charge in [0.2, 0.25) is 0 Å². The second-order valence-electron chi connectivity index (χ2n) is 4.80. The van der Waals surface area contributed by atoms with Crippen molar-refractivity contribution >= 4 is 0 Å². The Hall–Kier alpha value is -1.96. The van der Waals surface area contributed by atoms with Gasteiger partial charge in [0.25, 0.3) is 0 Å². The van der Waals surface area contributed by atoms with Gasteiger partial charge in [0.15, 0.2) is 0 Å². The molecule has 2 rings (SSSR count). The molecule has 2 heteroatoms. The van der Waals surface area contributed by atoms with Crippen LogP contribution in [-0.4, -0.2) is 14.2 Å². The molecule has 128 valence electrons. The summed E-state index contributed by atoms with van der Waals surface area (Å²) in [6, 6.07) is 16.4. The molecule has 0 amide bonds. The van der Waals surface area contributed by atoms with Crippen molar-refractivity contribution in [1.82, 2.24) is 0 Å². The predicted molar refractivity (Wildman–Crippen MR) is 101 cm³/mol. The van der Waals surface area contributed by atoms with E-state index in [1.54, 1.807) is 14.2 Å². The van der Waals surface area contributed by atoms with Gasteiger partial charge >= 0.3 is 0 Å². The summed E-state index contributed by atoms with van der Waals surface area (Å²) in [7, 11) is 3.38. The summed E-state index contributed by atoms with van der Waals surface area (Å²) in [6.45, 7) is 8.32. The van der Waals surface area contributed by atoms with Crippen LogP contribution in [-0.2, 0) is 12.8 Å². The molecule has 0 saturated carbocycles. The summed E-state index contributed by atoms with van der Waals surface area (Å²) in [5, 5.41) is 0. The van der Waals surface area contributed by atoms with Gasteiger partial charge in [-0.25, -0.2) is 0 Å². The first-order valence-corrected chi connectivity index (χ1v) is 8.49. The Kier molecular flexibility index (Phi) is 12.5. The van der Waals surface area contributed by atoms with E-state index in [1.807, 2.05) is 38.1 Å². The number of ether oxygens (including phenoxy) is 2. The lowest BCUT2D eigenvalue weighted by atomic mass is 10.1. The minimum absolute atomic E-state index is 0.935. The van der Waals surface area contributed by atoms with Gasteiger partial charge < -0.3 is 9.47 Å². The molecule has 0 fully saturated rings. The van der Waals surface area contributed by atoms with E-state index in [9.17, 15) is 0 Å². The van der Waals surface area contributed by atoms with E-state index in [1.165, 1.54) is 17.5 Å². The molecule has 2 aromatic rings. The third kappa shape index (κ3) is 8.92. The molecular weight excluding hydrogens is 284 g/mol. The largest absolute Gasteiger partial charge is 0.497 e. The van der Waals surface area contributed by atoms with Gasteiger partial charge in [-0.1, -0.05) is 58.4 Å². The van der Waals surface area contributed by atoms with E-state index in [4.69, 9.17) is 9.47 Å². The van der Waals surface area contributed by atoms with Crippen LogP contribution in [0.15, 0.2) is 48.5 Å². The summed E-state index contributed by atoms with van der Waals surface area (Å²) in [4.78, 5) is 0. The van der Waals surface area contributed by atoms with E-state index in [2.05, 4.69) is 38.1 Å². The highest BCUT2D eigenvalue weighted by Gasteiger charge is 1.91. The Balaban J connectivity index is 0.000000381. The normalized spacial score (nSPS) is 8.96. The van der Waals surface area contributed by atoms with Crippen molar-refractivity contribution in [3.05, 3.63) is 59.7 Å². The van der Waals surface area contributed by atoms with Crippen molar-refractivity contribution in [2.45, 2.75) is 47.0 Å². The lowest BCUT2D eigenvalue weighted by molar-refractivity contribution is 0.414. The number of rotatable bonds is 5. The minimum Gasteiger partial charge on any atom is -0.497 e. The molecule has 2 aromatic carbocycles. The molecule has 23 heavy (non-hydrogen) atoms. The molecule has 0 atom stereocenters. The fourth-order valence-electron chi connectivity index (χ4n) is 1.97. The summed E-state index contributed by atoms with van der Waals surface area (Å²) in [6.07, 6.45) is 3.42. The third-order valence-electron chi connectivity index (χ3n) is 3.24. The Morgan fingerprint density at radius 3 is 1.83 bits per heavy atom. The molecule has 0 bridgehead atoms. The molecule has 0 aromatic heterocycles. The molecule has 0 spiro atoms. The highest BCUT2D eigenvalue weighted by molar-refractivity contribution is 5.28. The molecule has 0 aliphatic carbocycles. The van der Waals surface area contributed by atoms with E-state index in [0.717, 1.165) is 24.3 Å². The first kappa shape index (κ1) is 21.0. The number of benzene rings is 2. The summed E-state index contributed by atoms with van der Waals surface area (Å²) in [5.41, 5.74) is 2.70. The number of methoxy groups -OCH3 is 2. The van der Waals surface area contributed by atoms with Crippen LogP contribution in [0.3, 0.4) is 0 Å². The van der Waals surface area contributed by atoms with Gasteiger partial charge in [0.05, 0.1) is 14.2 Å². The van der Waals surface area contributed by atoms with Gasteiger partial charge in [-0.2, -0.15) is 0 Å². The van der Waals surface area contributed by atoms with Crippen molar-refractivity contribution in [3.63, 3.8) is 0 Å². The summed E-state index contributed by atoms with van der Waals surface area (Å²) >= 11 is 0. The lowest BCUT2D eigenvalue weighted by Gasteiger charge is -2.00. The van der Waals surface area contributed by atoms with E-state index in [0.29, 0.717) is 0 Å². The maximum absolute atomic E-state index is 5.06. The number of hydrogen-bond donors (Lipinski definition) is 0. The fourth-order valence-corrected chi connectivity index (χ4v) is 1.97. The maximum Gasteiger partial charge on any atom is 0.119 e. The van der Waals surface area contributed by atoms with Gasteiger partial charge in [0.1, 0.15) is 11.5 Å². The van der Waals surface area contributed by atoms with Crippen LogP contribution in [0.4, 0.5) is 0 Å². The topological polar surface area (TPSA) is 18.5 Å². The van der Waals surface area contributed by atoms with Crippen molar-refractivity contribution in [1.29, 1.82) is 0 Å². The molecule has 0 unspecified atom stereocenters.